The first kappa shape index (κ1) is 11.0. The molecule has 1 aromatic rings. The number of thioether (sulfide) groups is 1. The SMILES string of the molecule is NC1(C(=O)O)CCC(Sc2cccs2)C1. The Morgan fingerprint density at radius 3 is 3.07 bits per heavy atom. The normalized spacial score (nSPS) is 30.6. The predicted octanol–water partition coefficient (Wildman–Crippen LogP) is 2.17. The van der Waals surface area contributed by atoms with Crippen LogP contribution in [0, 0.1) is 0 Å². The molecular weight excluding hydrogens is 230 g/mol. The van der Waals surface area contributed by atoms with Gasteiger partial charge in [-0.25, -0.2) is 0 Å². The van der Waals surface area contributed by atoms with E-state index in [0.29, 0.717) is 18.1 Å². The predicted molar refractivity (Wildman–Crippen MR) is 62.4 cm³/mol. The second-order valence-electron chi connectivity index (χ2n) is 3.88. The average Bonchev–Trinajstić information content (AvgIpc) is 2.77. The standard InChI is InChI=1S/C10H13NO2S2/c11-10(9(12)13)4-3-7(6-10)15-8-2-1-5-14-8/h1-2,5,7H,3-4,6,11H2,(H,12,13). The van der Waals surface area contributed by atoms with Crippen molar-refractivity contribution in [2.24, 2.45) is 5.73 Å². The number of carboxylic acids is 1. The van der Waals surface area contributed by atoms with Crippen molar-refractivity contribution in [2.45, 2.75) is 34.3 Å². The molecule has 1 saturated carbocycles. The molecule has 2 rings (SSSR count). The molecule has 0 radical (unpaired) electrons. The molecule has 0 amide bonds. The molecule has 0 saturated heterocycles. The van der Waals surface area contributed by atoms with Gasteiger partial charge in [-0.15, -0.1) is 23.1 Å². The lowest BCUT2D eigenvalue weighted by Gasteiger charge is -2.17. The molecule has 5 heteroatoms. The van der Waals surface area contributed by atoms with Crippen LogP contribution in [0.25, 0.3) is 0 Å². The Morgan fingerprint density at radius 1 is 1.73 bits per heavy atom. The van der Waals surface area contributed by atoms with Crippen LogP contribution in [0.3, 0.4) is 0 Å². The third-order valence-corrected chi connectivity index (χ3v) is 5.05. The summed E-state index contributed by atoms with van der Waals surface area (Å²) in [5.74, 6) is -0.864. The van der Waals surface area contributed by atoms with E-state index >= 15 is 0 Å². The molecule has 1 heterocycles. The number of hydrogen-bond donors (Lipinski definition) is 2. The fourth-order valence-corrected chi connectivity index (χ4v) is 4.17. The van der Waals surface area contributed by atoms with Crippen LogP contribution in [-0.2, 0) is 4.79 Å². The molecule has 3 nitrogen and oxygen atoms in total. The highest BCUT2D eigenvalue weighted by Gasteiger charge is 2.42. The van der Waals surface area contributed by atoms with Crippen LogP contribution in [0.2, 0.25) is 0 Å². The van der Waals surface area contributed by atoms with E-state index in [9.17, 15) is 4.79 Å². The molecule has 2 atom stereocenters. The van der Waals surface area contributed by atoms with Crippen molar-refractivity contribution in [2.75, 3.05) is 0 Å². The maximum atomic E-state index is 10.9. The highest BCUT2D eigenvalue weighted by atomic mass is 32.2. The van der Waals surface area contributed by atoms with Crippen molar-refractivity contribution >= 4 is 29.1 Å². The molecule has 1 aromatic heterocycles. The molecule has 0 bridgehead atoms. The van der Waals surface area contributed by atoms with Crippen molar-refractivity contribution in [3.05, 3.63) is 17.5 Å². The lowest BCUT2D eigenvalue weighted by atomic mass is 10.0. The maximum Gasteiger partial charge on any atom is 0.323 e. The highest BCUT2D eigenvalue weighted by Crippen LogP contribution is 2.40. The minimum atomic E-state index is -0.991. The van der Waals surface area contributed by atoms with Gasteiger partial charge in [-0.3, -0.25) is 4.79 Å². The van der Waals surface area contributed by atoms with E-state index in [-0.39, 0.29) is 0 Å². The number of carboxylic acid groups (broad SMARTS) is 1. The van der Waals surface area contributed by atoms with E-state index in [2.05, 4.69) is 6.07 Å². The van der Waals surface area contributed by atoms with Gasteiger partial charge in [0.05, 0.1) is 4.21 Å². The Morgan fingerprint density at radius 2 is 2.53 bits per heavy atom. The Hall–Kier alpha value is -0.520. The fourth-order valence-electron chi connectivity index (χ4n) is 1.82. The third-order valence-electron chi connectivity index (χ3n) is 2.71. The molecule has 82 valence electrons. The summed E-state index contributed by atoms with van der Waals surface area (Å²) in [5, 5.41) is 11.4. The van der Waals surface area contributed by atoms with E-state index in [0.717, 1.165) is 6.42 Å². The number of aliphatic carboxylic acids is 1. The summed E-state index contributed by atoms with van der Waals surface area (Å²) >= 11 is 3.45. The lowest BCUT2D eigenvalue weighted by molar-refractivity contribution is -0.143. The Balaban J connectivity index is 1.96. The van der Waals surface area contributed by atoms with Crippen LogP contribution >= 0.6 is 23.1 Å². The molecule has 2 unspecified atom stereocenters. The van der Waals surface area contributed by atoms with Gasteiger partial charge in [0.2, 0.25) is 0 Å². The number of hydrogen-bond acceptors (Lipinski definition) is 4. The zero-order chi connectivity index (χ0) is 10.9. The molecule has 0 spiro atoms. The van der Waals surface area contributed by atoms with Crippen LogP contribution in [0.4, 0.5) is 0 Å². The summed E-state index contributed by atoms with van der Waals surface area (Å²) in [7, 11) is 0. The molecular formula is C10H13NO2S2. The van der Waals surface area contributed by atoms with Gasteiger partial charge in [0.1, 0.15) is 5.54 Å². The summed E-state index contributed by atoms with van der Waals surface area (Å²) in [5.41, 5.74) is 4.82. The number of rotatable bonds is 3. The zero-order valence-corrected chi connectivity index (χ0v) is 9.81. The van der Waals surface area contributed by atoms with Gasteiger partial charge in [0.25, 0.3) is 0 Å². The molecule has 1 aliphatic rings. The largest absolute Gasteiger partial charge is 0.480 e. The molecule has 0 aliphatic heterocycles. The van der Waals surface area contributed by atoms with Crippen molar-refractivity contribution in [3.63, 3.8) is 0 Å². The Kier molecular flexibility index (Phi) is 3.04. The van der Waals surface area contributed by atoms with Gasteiger partial charge >= 0.3 is 5.97 Å². The minimum absolute atomic E-state index is 0.352. The van der Waals surface area contributed by atoms with Crippen molar-refractivity contribution in [1.82, 2.24) is 0 Å². The Bertz CT molecular complexity index is 352. The van der Waals surface area contributed by atoms with Crippen molar-refractivity contribution in [1.29, 1.82) is 0 Å². The highest BCUT2D eigenvalue weighted by molar-refractivity contribution is 8.01. The summed E-state index contributed by atoms with van der Waals surface area (Å²) in [6.45, 7) is 0. The number of carbonyl (C=O) groups is 1. The van der Waals surface area contributed by atoms with Gasteiger partial charge in [-0.05, 0) is 30.7 Å². The Labute approximate surface area is 96.7 Å². The topological polar surface area (TPSA) is 63.3 Å². The first-order chi connectivity index (χ1) is 7.10. The quantitative estimate of drug-likeness (QED) is 0.854. The molecule has 0 aromatic carbocycles. The van der Waals surface area contributed by atoms with Gasteiger partial charge in [-0.1, -0.05) is 6.07 Å². The smallest absolute Gasteiger partial charge is 0.323 e. The summed E-state index contributed by atoms with van der Waals surface area (Å²) in [4.78, 5) is 10.9. The maximum absolute atomic E-state index is 10.9. The zero-order valence-electron chi connectivity index (χ0n) is 8.18. The van der Waals surface area contributed by atoms with Gasteiger partial charge in [0.15, 0.2) is 0 Å². The van der Waals surface area contributed by atoms with Gasteiger partial charge in [0, 0.05) is 5.25 Å². The lowest BCUT2D eigenvalue weighted by Crippen LogP contribution is -2.45. The second-order valence-corrected chi connectivity index (χ2v) is 6.42. The third kappa shape index (κ3) is 2.35. The van der Waals surface area contributed by atoms with E-state index in [1.54, 1.807) is 23.1 Å². The van der Waals surface area contributed by atoms with Crippen LogP contribution in [0.1, 0.15) is 19.3 Å². The minimum Gasteiger partial charge on any atom is -0.480 e. The molecule has 1 fully saturated rings. The van der Waals surface area contributed by atoms with Gasteiger partial charge < -0.3 is 10.8 Å². The molecule has 3 N–H and O–H groups in total. The van der Waals surface area contributed by atoms with E-state index in [4.69, 9.17) is 10.8 Å². The molecule has 1 aliphatic carbocycles. The van der Waals surface area contributed by atoms with Crippen LogP contribution in [-0.4, -0.2) is 21.9 Å². The van der Waals surface area contributed by atoms with E-state index in [1.807, 2.05) is 11.4 Å². The first-order valence-corrected chi connectivity index (χ1v) is 6.58. The monoisotopic (exact) mass is 243 g/mol. The van der Waals surface area contributed by atoms with Crippen molar-refractivity contribution < 1.29 is 9.90 Å². The van der Waals surface area contributed by atoms with E-state index < -0.39 is 11.5 Å². The van der Waals surface area contributed by atoms with Crippen LogP contribution in [0.15, 0.2) is 21.7 Å². The van der Waals surface area contributed by atoms with E-state index in [1.165, 1.54) is 4.21 Å². The summed E-state index contributed by atoms with van der Waals surface area (Å²) < 4.78 is 1.25. The summed E-state index contributed by atoms with van der Waals surface area (Å²) in [6.07, 6.45) is 2.06. The van der Waals surface area contributed by atoms with Gasteiger partial charge in [-0.2, -0.15) is 0 Å². The number of thiophene rings is 1. The average molecular weight is 243 g/mol. The molecule has 15 heavy (non-hydrogen) atoms. The summed E-state index contributed by atoms with van der Waals surface area (Å²) in [6, 6.07) is 4.07. The second kappa shape index (κ2) is 4.15. The first-order valence-electron chi connectivity index (χ1n) is 4.83. The van der Waals surface area contributed by atoms with Crippen molar-refractivity contribution in [3.8, 4) is 0 Å². The van der Waals surface area contributed by atoms with Crippen LogP contribution in [0.5, 0.6) is 0 Å². The van der Waals surface area contributed by atoms with Crippen LogP contribution < -0.4 is 5.73 Å². The fraction of sp³-hybridized carbons (Fsp3) is 0.500. The number of nitrogens with two attached hydrogens (primary N) is 1.